The van der Waals surface area contributed by atoms with Crippen LogP contribution < -0.4 is 0 Å². The molecule has 0 fully saturated rings. The Hall–Kier alpha value is -3.56. The predicted molar refractivity (Wildman–Crippen MR) is 155 cm³/mol. The third-order valence-electron chi connectivity index (χ3n) is 7.27. The SMILES string of the molecule is C#CCc1ccc(C(c2ccccc2)(c2ccc(C(C)(C)C)cc2)c2ccc(C(C)(C)C)cc2)cc1. The van der Waals surface area contributed by atoms with Gasteiger partial charge in [-0.15, -0.1) is 12.3 Å². The molecule has 0 radical (unpaired) electrons. The number of hydrogen-bond donors (Lipinski definition) is 0. The van der Waals surface area contributed by atoms with Crippen molar-refractivity contribution in [3.63, 3.8) is 0 Å². The summed E-state index contributed by atoms with van der Waals surface area (Å²) >= 11 is 0. The van der Waals surface area contributed by atoms with Crippen LogP contribution in [0.1, 0.15) is 80.5 Å². The minimum Gasteiger partial charge on any atom is -0.120 e. The first kappa shape index (κ1) is 25.5. The molecule has 0 bridgehead atoms. The zero-order chi connectivity index (χ0) is 26.0. The third-order valence-corrected chi connectivity index (χ3v) is 7.27. The van der Waals surface area contributed by atoms with Crippen LogP contribution in [0.4, 0.5) is 0 Å². The van der Waals surface area contributed by atoms with Crippen LogP contribution in [0.5, 0.6) is 0 Å². The number of benzene rings is 4. The van der Waals surface area contributed by atoms with Crippen LogP contribution >= 0.6 is 0 Å². The fourth-order valence-electron chi connectivity index (χ4n) is 5.12. The Morgan fingerprint density at radius 3 is 1.17 bits per heavy atom. The van der Waals surface area contributed by atoms with Gasteiger partial charge in [0.25, 0.3) is 0 Å². The summed E-state index contributed by atoms with van der Waals surface area (Å²) in [5.41, 5.74) is 8.57. The molecule has 182 valence electrons. The third kappa shape index (κ3) is 4.89. The zero-order valence-corrected chi connectivity index (χ0v) is 22.6. The summed E-state index contributed by atoms with van der Waals surface area (Å²) in [4.78, 5) is 0. The standard InChI is InChI=1S/C36H38/c1-8-12-27-15-17-31(18-16-27)36(30-13-10-9-11-14-30,32-23-19-28(20-24-32)34(2,3)4)33-25-21-29(22-26-33)35(5,6)7/h1,9-11,13-26H,12H2,2-7H3. The van der Waals surface area contributed by atoms with Crippen LogP contribution in [-0.4, -0.2) is 0 Å². The van der Waals surface area contributed by atoms with Crippen molar-refractivity contribution in [1.82, 2.24) is 0 Å². The van der Waals surface area contributed by atoms with Crippen molar-refractivity contribution in [3.8, 4) is 12.3 Å². The van der Waals surface area contributed by atoms with E-state index in [4.69, 9.17) is 6.42 Å². The molecule has 0 heterocycles. The molecule has 0 unspecified atom stereocenters. The van der Waals surface area contributed by atoms with Crippen molar-refractivity contribution in [1.29, 1.82) is 0 Å². The number of hydrogen-bond acceptors (Lipinski definition) is 0. The first-order valence-electron chi connectivity index (χ1n) is 12.9. The minimum atomic E-state index is -0.456. The molecule has 0 aliphatic rings. The Bertz CT molecular complexity index is 1260. The maximum Gasteiger partial charge on any atom is 0.0701 e. The van der Waals surface area contributed by atoms with Crippen LogP contribution in [0.15, 0.2) is 103 Å². The Kier molecular flexibility index (Phi) is 6.97. The summed E-state index contributed by atoms with van der Waals surface area (Å²) in [6, 6.07) is 38.2. The molecule has 0 amide bonds. The van der Waals surface area contributed by atoms with E-state index >= 15 is 0 Å². The maximum absolute atomic E-state index is 5.61. The maximum atomic E-state index is 5.61. The monoisotopic (exact) mass is 470 g/mol. The van der Waals surface area contributed by atoms with Crippen LogP contribution in [0.25, 0.3) is 0 Å². The van der Waals surface area contributed by atoms with E-state index in [1.54, 1.807) is 0 Å². The summed E-state index contributed by atoms with van der Waals surface area (Å²) in [6.07, 6.45) is 6.24. The highest BCUT2D eigenvalue weighted by molar-refractivity contribution is 5.60. The molecule has 0 aromatic heterocycles. The number of terminal acetylenes is 1. The van der Waals surface area contributed by atoms with Crippen LogP contribution in [0, 0.1) is 12.3 Å². The van der Waals surface area contributed by atoms with Crippen LogP contribution in [-0.2, 0) is 22.7 Å². The predicted octanol–water partition coefficient (Wildman–Crippen LogP) is 8.84. The van der Waals surface area contributed by atoms with Gasteiger partial charge >= 0.3 is 0 Å². The molecule has 0 aliphatic heterocycles. The van der Waals surface area contributed by atoms with Crippen molar-refractivity contribution < 1.29 is 0 Å². The lowest BCUT2D eigenvalue weighted by Gasteiger charge is -2.37. The second-order valence-corrected chi connectivity index (χ2v) is 11.8. The zero-order valence-electron chi connectivity index (χ0n) is 22.6. The Balaban J connectivity index is 2.04. The van der Waals surface area contributed by atoms with E-state index in [9.17, 15) is 0 Å². The smallest absolute Gasteiger partial charge is 0.0701 e. The van der Waals surface area contributed by atoms with Gasteiger partial charge in [0, 0.05) is 6.42 Å². The molecule has 0 heteroatoms. The van der Waals surface area contributed by atoms with Crippen molar-refractivity contribution in [3.05, 3.63) is 142 Å². The molecular formula is C36H38. The van der Waals surface area contributed by atoms with Gasteiger partial charge in [-0.05, 0) is 49.8 Å². The quantitative estimate of drug-likeness (QED) is 0.202. The summed E-state index contributed by atoms with van der Waals surface area (Å²) in [6.45, 7) is 13.6. The molecule has 0 spiro atoms. The normalized spacial score (nSPS) is 12.2. The fraction of sp³-hybridized carbons (Fsp3) is 0.278. The van der Waals surface area contributed by atoms with Gasteiger partial charge in [0.1, 0.15) is 0 Å². The lowest BCUT2D eigenvalue weighted by molar-refractivity contribution is 0.588. The van der Waals surface area contributed by atoms with Gasteiger partial charge in [-0.25, -0.2) is 0 Å². The molecule has 0 saturated heterocycles. The Morgan fingerprint density at radius 1 is 0.472 bits per heavy atom. The van der Waals surface area contributed by atoms with Gasteiger partial charge in [0.15, 0.2) is 0 Å². The van der Waals surface area contributed by atoms with Crippen molar-refractivity contribution >= 4 is 0 Å². The summed E-state index contributed by atoms with van der Waals surface area (Å²) < 4.78 is 0. The molecule has 0 N–H and O–H groups in total. The average Bonchev–Trinajstić information content (AvgIpc) is 2.86. The lowest BCUT2D eigenvalue weighted by atomic mass is 9.64. The minimum absolute atomic E-state index is 0.0964. The van der Waals surface area contributed by atoms with E-state index in [-0.39, 0.29) is 10.8 Å². The molecule has 4 aromatic rings. The van der Waals surface area contributed by atoms with Crippen molar-refractivity contribution in [2.45, 2.75) is 64.2 Å². The van der Waals surface area contributed by atoms with Gasteiger partial charge in [0.05, 0.1) is 5.41 Å². The molecule has 36 heavy (non-hydrogen) atoms. The van der Waals surface area contributed by atoms with Gasteiger partial charge < -0.3 is 0 Å². The van der Waals surface area contributed by atoms with E-state index in [1.165, 1.54) is 33.4 Å². The molecule has 4 rings (SSSR count). The molecule has 4 aromatic carbocycles. The van der Waals surface area contributed by atoms with Crippen LogP contribution in [0.2, 0.25) is 0 Å². The largest absolute Gasteiger partial charge is 0.120 e. The molecule has 0 saturated carbocycles. The molecular weight excluding hydrogens is 432 g/mol. The fourth-order valence-corrected chi connectivity index (χ4v) is 5.12. The van der Waals surface area contributed by atoms with E-state index in [1.807, 2.05) is 0 Å². The van der Waals surface area contributed by atoms with Gasteiger partial charge in [0.2, 0.25) is 0 Å². The Labute approximate surface area is 218 Å². The summed E-state index contributed by atoms with van der Waals surface area (Å²) in [5.74, 6) is 2.78. The van der Waals surface area contributed by atoms with E-state index < -0.39 is 5.41 Å². The van der Waals surface area contributed by atoms with Crippen molar-refractivity contribution in [2.75, 3.05) is 0 Å². The lowest BCUT2D eigenvalue weighted by Crippen LogP contribution is -2.31. The Morgan fingerprint density at radius 2 is 0.806 bits per heavy atom. The van der Waals surface area contributed by atoms with Crippen LogP contribution in [0.3, 0.4) is 0 Å². The highest BCUT2D eigenvalue weighted by Crippen LogP contribution is 2.46. The topological polar surface area (TPSA) is 0 Å². The summed E-state index contributed by atoms with van der Waals surface area (Å²) in [7, 11) is 0. The highest BCUT2D eigenvalue weighted by atomic mass is 14.4. The van der Waals surface area contributed by atoms with E-state index in [2.05, 4.69) is 151 Å². The molecule has 0 atom stereocenters. The molecule has 0 aliphatic carbocycles. The van der Waals surface area contributed by atoms with Gasteiger partial charge in [-0.2, -0.15) is 0 Å². The first-order chi connectivity index (χ1) is 17.1. The first-order valence-corrected chi connectivity index (χ1v) is 12.9. The van der Waals surface area contributed by atoms with Crippen molar-refractivity contribution in [2.24, 2.45) is 0 Å². The van der Waals surface area contributed by atoms with E-state index in [0.29, 0.717) is 6.42 Å². The van der Waals surface area contributed by atoms with Gasteiger partial charge in [-0.3, -0.25) is 0 Å². The number of rotatable bonds is 5. The molecule has 0 nitrogen and oxygen atoms in total. The second-order valence-electron chi connectivity index (χ2n) is 11.8. The highest BCUT2D eigenvalue weighted by Gasteiger charge is 2.38. The summed E-state index contributed by atoms with van der Waals surface area (Å²) in [5, 5.41) is 0. The van der Waals surface area contributed by atoms with Gasteiger partial charge in [-0.1, -0.05) is 145 Å². The average molecular weight is 471 g/mol. The van der Waals surface area contributed by atoms with E-state index in [0.717, 1.165) is 5.56 Å². The second kappa shape index (κ2) is 9.83.